The molecule has 0 amide bonds. The number of hydrogen-bond acceptors (Lipinski definition) is 3. The minimum Gasteiger partial charge on any atom is -0.396 e. The molecular weight excluding hydrogens is 312 g/mol. The zero-order valence-corrected chi connectivity index (χ0v) is 14.2. The first kappa shape index (κ1) is 15.8. The zero-order valence-electron chi connectivity index (χ0n) is 14.2. The molecule has 0 aliphatic carbocycles. The van der Waals surface area contributed by atoms with Crippen LogP contribution in [0.5, 0.6) is 0 Å². The Balaban J connectivity index is 1.61. The third-order valence-electron chi connectivity index (χ3n) is 4.63. The molecule has 0 radical (unpaired) electrons. The number of benzene rings is 2. The van der Waals surface area contributed by atoms with E-state index in [4.69, 9.17) is 5.11 Å². The summed E-state index contributed by atoms with van der Waals surface area (Å²) in [5.41, 5.74) is 3.41. The zero-order chi connectivity index (χ0) is 17.1. The SMILES string of the molecule is OCCCCCn1cc(Cn2c3ccccc3c3ccccc32)nn1. The lowest BCUT2D eigenvalue weighted by molar-refractivity contribution is 0.281. The van der Waals surface area contributed by atoms with E-state index in [1.54, 1.807) is 0 Å². The van der Waals surface area contributed by atoms with Crippen molar-refractivity contribution in [3.05, 3.63) is 60.4 Å². The predicted octanol–water partition coefficient (Wildman–Crippen LogP) is 3.60. The summed E-state index contributed by atoms with van der Waals surface area (Å²) in [4.78, 5) is 0. The van der Waals surface area contributed by atoms with Crippen LogP contribution in [0.3, 0.4) is 0 Å². The van der Waals surface area contributed by atoms with E-state index in [0.29, 0.717) is 6.54 Å². The topological polar surface area (TPSA) is 55.9 Å². The monoisotopic (exact) mass is 334 g/mol. The van der Waals surface area contributed by atoms with Gasteiger partial charge in [0.15, 0.2) is 0 Å². The third-order valence-corrected chi connectivity index (χ3v) is 4.63. The van der Waals surface area contributed by atoms with Gasteiger partial charge in [-0.2, -0.15) is 0 Å². The Morgan fingerprint density at radius 3 is 2.20 bits per heavy atom. The van der Waals surface area contributed by atoms with Gasteiger partial charge in [0.05, 0.1) is 12.7 Å². The first-order valence-corrected chi connectivity index (χ1v) is 8.82. The van der Waals surface area contributed by atoms with Crippen molar-refractivity contribution in [2.24, 2.45) is 0 Å². The minimum absolute atomic E-state index is 0.260. The fraction of sp³-hybridized carbons (Fsp3) is 0.300. The number of unbranched alkanes of at least 4 members (excludes halogenated alkanes) is 2. The van der Waals surface area contributed by atoms with Crippen LogP contribution in [-0.4, -0.2) is 31.3 Å². The fourth-order valence-electron chi connectivity index (χ4n) is 3.42. The highest BCUT2D eigenvalue weighted by Gasteiger charge is 2.11. The number of aryl methyl sites for hydroxylation is 1. The smallest absolute Gasteiger partial charge is 0.102 e. The highest BCUT2D eigenvalue weighted by molar-refractivity contribution is 6.07. The molecule has 2 aromatic carbocycles. The van der Waals surface area contributed by atoms with Crippen LogP contribution in [0.15, 0.2) is 54.7 Å². The van der Waals surface area contributed by atoms with Crippen LogP contribution in [0.4, 0.5) is 0 Å². The molecule has 1 N–H and O–H groups in total. The normalized spacial score (nSPS) is 11.6. The first-order chi connectivity index (χ1) is 12.4. The van der Waals surface area contributed by atoms with Crippen molar-refractivity contribution >= 4 is 21.8 Å². The van der Waals surface area contributed by atoms with Crippen molar-refractivity contribution in [3.63, 3.8) is 0 Å². The maximum Gasteiger partial charge on any atom is 0.102 e. The fourth-order valence-corrected chi connectivity index (χ4v) is 3.42. The van der Waals surface area contributed by atoms with E-state index in [2.05, 4.69) is 63.4 Å². The molecule has 0 spiro atoms. The Kier molecular flexibility index (Phi) is 4.48. The summed E-state index contributed by atoms with van der Waals surface area (Å²) >= 11 is 0. The molecule has 0 saturated heterocycles. The van der Waals surface area contributed by atoms with Gasteiger partial charge in [-0.3, -0.25) is 4.68 Å². The second kappa shape index (κ2) is 7.07. The van der Waals surface area contributed by atoms with E-state index in [0.717, 1.165) is 31.5 Å². The highest BCUT2D eigenvalue weighted by atomic mass is 16.2. The van der Waals surface area contributed by atoms with Crippen LogP contribution in [-0.2, 0) is 13.1 Å². The lowest BCUT2D eigenvalue weighted by atomic mass is 10.2. The molecule has 5 heteroatoms. The molecule has 0 aliphatic heterocycles. The van der Waals surface area contributed by atoms with Crippen molar-refractivity contribution in [2.75, 3.05) is 6.61 Å². The van der Waals surface area contributed by atoms with Gasteiger partial charge in [0.1, 0.15) is 5.69 Å². The van der Waals surface area contributed by atoms with Crippen LogP contribution in [0.1, 0.15) is 25.0 Å². The molecule has 0 bridgehead atoms. The Morgan fingerprint density at radius 2 is 1.52 bits per heavy atom. The van der Waals surface area contributed by atoms with Crippen molar-refractivity contribution < 1.29 is 5.11 Å². The number of rotatable bonds is 7. The van der Waals surface area contributed by atoms with Crippen LogP contribution in [0.2, 0.25) is 0 Å². The van der Waals surface area contributed by atoms with Crippen molar-refractivity contribution in [1.29, 1.82) is 0 Å². The van der Waals surface area contributed by atoms with Crippen LogP contribution in [0, 0.1) is 0 Å². The average molecular weight is 334 g/mol. The molecule has 0 saturated carbocycles. The van der Waals surface area contributed by atoms with E-state index in [-0.39, 0.29) is 6.61 Å². The van der Waals surface area contributed by atoms with Gasteiger partial charge in [0.25, 0.3) is 0 Å². The molecule has 128 valence electrons. The summed E-state index contributed by atoms with van der Waals surface area (Å²) in [6, 6.07) is 17.0. The van der Waals surface area contributed by atoms with Gasteiger partial charge in [-0.1, -0.05) is 41.6 Å². The summed E-state index contributed by atoms with van der Waals surface area (Å²) in [5, 5.41) is 20.0. The van der Waals surface area contributed by atoms with Gasteiger partial charge in [-0.15, -0.1) is 5.10 Å². The van der Waals surface area contributed by atoms with E-state index in [1.807, 2.05) is 10.9 Å². The molecule has 2 aromatic heterocycles. The molecule has 0 fully saturated rings. The van der Waals surface area contributed by atoms with Gasteiger partial charge in [-0.05, 0) is 31.4 Å². The van der Waals surface area contributed by atoms with E-state index in [1.165, 1.54) is 21.8 Å². The Morgan fingerprint density at radius 1 is 0.840 bits per heavy atom. The summed E-state index contributed by atoms with van der Waals surface area (Å²) in [5.74, 6) is 0. The first-order valence-electron chi connectivity index (χ1n) is 8.82. The summed E-state index contributed by atoms with van der Waals surface area (Å²) in [6.45, 7) is 1.82. The van der Waals surface area contributed by atoms with E-state index < -0.39 is 0 Å². The second-order valence-corrected chi connectivity index (χ2v) is 6.38. The standard InChI is InChI=1S/C20H22N4O/c25-13-7-1-6-12-23-14-16(21-22-23)15-24-19-10-4-2-8-17(19)18-9-3-5-11-20(18)24/h2-5,8-11,14,25H,1,6-7,12-13,15H2. The average Bonchev–Trinajstić information content (AvgIpc) is 3.23. The number of aromatic nitrogens is 4. The lowest BCUT2D eigenvalue weighted by Crippen LogP contribution is -2.00. The third kappa shape index (κ3) is 3.15. The molecule has 2 heterocycles. The number of hydrogen-bond donors (Lipinski definition) is 1. The molecule has 0 aliphatic rings. The van der Waals surface area contributed by atoms with Gasteiger partial charge in [0, 0.05) is 35.0 Å². The van der Waals surface area contributed by atoms with E-state index >= 15 is 0 Å². The van der Waals surface area contributed by atoms with Crippen LogP contribution < -0.4 is 0 Å². The number of para-hydroxylation sites is 2. The van der Waals surface area contributed by atoms with Gasteiger partial charge >= 0.3 is 0 Å². The lowest BCUT2D eigenvalue weighted by Gasteiger charge is -2.04. The quantitative estimate of drug-likeness (QED) is 0.525. The van der Waals surface area contributed by atoms with E-state index in [9.17, 15) is 0 Å². The Labute approximate surface area is 146 Å². The Bertz CT molecular complexity index is 932. The molecule has 25 heavy (non-hydrogen) atoms. The largest absolute Gasteiger partial charge is 0.396 e. The molecule has 5 nitrogen and oxygen atoms in total. The molecule has 4 rings (SSSR count). The minimum atomic E-state index is 0.260. The number of aliphatic hydroxyl groups excluding tert-OH is 1. The summed E-state index contributed by atoms with van der Waals surface area (Å²) < 4.78 is 4.21. The molecule has 0 unspecified atom stereocenters. The van der Waals surface area contributed by atoms with Gasteiger partial charge < -0.3 is 9.67 Å². The van der Waals surface area contributed by atoms with Crippen LogP contribution in [0.25, 0.3) is 21.8 Å². The highest BCUT2D eigenvalue weighted by Crippen LogP contribution is 2.29. The maximum atomic E-state index is 8.85. The number of fused-ring (bicyclic) bond motifs is 3. The maximum absolute atomic E-state index is 8.85. The van der Waals surface area contributed by atoms with Gasteiger partial charge in [-0.25, -0.2) is 0 Å². The van der Waals surface area contributed by atoms with Gasteiger partial charge in [0.2, 0.25) is 0 Å². The molecule has 4 aromatic rings. The van der Waals surface area contributed by atoms with Crippen LogP contribution >= 0.6 is 0 Å². The second-order valence-electron chi connectivity index (χ2n) is 6.38. The number of aliphatic hydroxyl groups is 1. The Hall–Kier alpha value is -2.66. The number of nitrogens with zero attached hydrogens (tertiary/aromatic N) is 4. The summed E-state index contributed by atoms with van der Waals surface area (Å²) in [6.07, 6.45) is 4.91. The predicted molar refractivity (Wildman–Crippen MR) is 99.5 cm³/mol. The molecule has 0 atom stereocenters. The van der Waals surface area contributed by atoms with Crippen molar-refractivity contribution in [2.45, 2.75) is 32.4 Å². The summed E-state index contributed by atoms with van der Waals surface area (Å²) in [7, 11) is 0. The molecular formula is C20H22N4O. The van der Waals surface area contributed by atoms with Crippen molar-refractivity contribution in [1.82, 2.24) is 19.6 Å². The van der Waals surface area contributed by atoms with Crippen molar-refractivity contribution in [3.8, 4) is 0 Å².